The number of carbonyl (C=O) groups excluding carboxylic acids is 1. The second-order valence-electron chi connectivity index (χ2n) is 3.67. The van der Waals surface area contributed by atoms with Gasteiger partial charge in [-0.25, -0.2) is 0 Å². The van der Waals surface area contributed by atoms with Crippen LogP contribution in [0.1, 0.15) is 12.5 Å². The van der Waals surface area contributed by atoms with Gasteiger partial charge in [0.25, 0.3) is 5.91 Å². The number of likely N-dealkylation sites (N-methyl/N-ethyl adjacent to an activating group) is 1. The maximum Gasteiger partial charge on any atom is 0.265 e. The molecule has 1 aromatic carbocycles. The molecule has 1 amide bonds. The van der Waals surface area contributed by atoms with Crippen LogP contribution in [0.15, 0.2) is 18.2 Å². The first-order valence-electron chi connectivity index (χ1n) is 5.38. The minimum absolute atomic E-state index is 0.0333. The van der Waals surface area contributed by atoms with Gasteiger partial charge in [-0.15, -0.1) is 0 Å². The number of halogens is 1. The van der Waals surface area contributed by atoms with Crippen molar-refractivity contribution in [2.45, 2.75) is 13.3 Å². The van der Waals surface area contributed by atoms with E-state index in [0.717, 1.165) is 23.2 Å². The number of fused-ring (bicyclic) bond motifs is 1. The van der Waals surface area contributed by atoms with Crippen LogP contribution in [0.3, 0.4) is 0 Å². The third-order valence-corrected chi connectivity index (χ3v) is 3.06. The molecule has 0 saturated heterocycles. The predicted octanol–water partition coefficient (Wildman–Crippen LogP) is 2.37. The number of alkyl halides is 1. The molecule has 1 aliphatic rings. The van der Waals surface area contributed by atoms with E-state index in [2.05, 4.69) is 15.9 Å². The Morgan fingerprint density at radius 2 is 2.31 bits per heavy atom. The van der Waals surface area contributed by atoms with E-state index in [-0.39, 0.29) is 12.5 Å². The standard InChI is InChI=1S/C12H14BrNO2/c1-2-14-10-7-9(5-6-13)3-4-11(10)16-8-12(14)15/h3-4,7H,2,5-6,8H2,1H3. The molecule has 1 heterocycles. The Morgan fingerprint density at radius 3 is 3.00 bits per heavy atom. The summed E-state index contributed by atoms with van der Waals surface area (Å²) < 4.78 is 5.40. The van der Waals surface area contributed by atoms with Gasteiger partial charge in [0.1, 0.15) is 5.75 Å². The van der Waals surface area contributed by atoms with Crippen LogP contribution >= 0.6 is 15.9 Å². The molecule has 2 rings (SSSR count). The fourth-order valence-electron chi connectivity index (χ4n) is 1.86. The van der Waals surface area contributed by atoms with Gasteiger partial charge >= 0.3 is 0 Å². The molecule has 0 spiro atoms. The Hall–Kier alpha value is -1.03. The maximum atomic E-state index is 11.6. The zero-order valence-corrected chi connectivity index (χ0v) is 10.8. The van der Waals surface area contributed by atoms with Crippen molar-refractivity contribution >= 4 is 27.5 Å². The van der Waals surface area contributed by atoms with Gasteiger partial charge in [-0.05, 0) is 31.0 Å². The first kappa shape index (κ1) is 11.5. The summed E-state index contributed by atoms with van der Waals surface area (Å²) >= 11 is 3.41. The van der Waals surface area contributed by atoms with E-state index in [1.807, 2.05) is 25.1 Å². The number of rotatable bonds is 3. The van der Waals surface area contributed by atoms with Crippen LogP contribution in [0, 0.1) is 0 Å². The summed E-state index contributed by atoms with van der Waals surface area (Å²) in [7, 11) is 0. The zero-order valence-electron chi connectivity index (χ0n) is 9.20. The van der Waals surface area contributed by atoms with Crippen molar-refractivity contribution in [3.05, 3.63) is 23.8 Å². The van der Waals surface area contributed by atoms with Crippen LogP contribution in [-0.2, 0) is 11.2 Å². The molecule has 16 heavy (non-hydrogen) atoms. The van der Waals surface area contributed by atoms with Crippen molar-refractivity contribution in [2.75, 3.05) is 23.4 Å². The SMILES string of the molecule is CCN1C(=O)COc2ccc(CCBr)cc21. The highest BCUT2D eigenvalue weighted by Gasteiger charge is 2.23. The van der Waals surface area contributed by atoms with Crippen LogP contribution in [0.5, 0.6) is 5.75 Å². The molecule has 0 aromatic heterocycles. The second-order valence-corrected chi connectivity index (χ2v) is 4.46. The monoisotopic (exact) mass is 283 g/mol. The maximum absolute atomic E-state index is 11.6. The largest absolute Gasteiger partial charge is 0.482 e. The summed E-state index contributed by atoms with van der Waals surface area (Å²) in [5.41, 5.74) is 2.12. The van der Waals surface area contributed by atoms with E-state index in [9.17, 15) is 4.79 Å². The van der Waals surface area contributed by atoms with Gasteiger partial charge in [-0.1, -0.05) is 22.0 Å². The van der Waals surface area contributed by atoms with Crippen molar-refractivity contribution in [2.24, 2.45) is 0 Å². The van der Waals surface area contributed by atoms with Crippen LogP contribution < -0.4 is 9.64 Å². The average Bonchev–Trinajstić information content (AvgIpc) is 2.29. The van der Waals surface area contributed by atoms with Gasteiger partial charge < -0.3 is 9.64 Å². The molecule has 0 atom stereocenters. The van der Waals surface area contributed by atoms with Crippen LogP contribution in [0.4, 0.5) is 5.69 Å². The highest BCUT2D eigenvalue weighted by atomic mass is 79.9. The van der Waals surface area contributed by atoms with Crippen molar-refractivity contribution in [1.82, 2.24) is 0 Å². The Labute approximate surface area is 104 Å². The van der Waals surface area contributed by atoms with Crippen LogP contribution in [0.2, 0.25) is 0 Å². The molecule has 0 radical (unpaired) electrons. The molecule has 0 fully saturated rings. The molecular formula is C12H14BrNO2. The molecule has 86 valence electrons. The molecule has 0 saturated carbocycles. The van der Waals surface area contributed by atoms with Crippen LogP contribution in [0.25, 0.3) is 0 Å². The zero-order chi connectivity index (χ0) is 11.5. The molecular weight excluding hydrogens is 270 g/mol. The summed E-state index contributed by atoms with van der Waals surface area (Å²) in [6.07, 6.45) is 0.957. The molecule has 1 aromatic rings. The number of nitrogens with zero attached hydrogens (tertiary/aromatic N) is 1. The lowest BCUT2D eigenvalue weighted by Crippen LogP contribution is -2.38. The van der Waals surface area contributed by atoms with E-state index in [0.29, 0.717) is 6.54 Å². The van der Waals surface area contributed by atoms with Crippen molar-refractivity contribution in [1.29, 1.82) is 0 Å². The molecule has 0 unspecified atom stereocenters. The quantitative estimate of drug-likeness (QED) is 0.797. The molecule has 0 N–H and O–H groups in total. The van der Waals surface area contributed by atoms with E-state index >= 15 is 0 Å². The lowest BCUT2D eigenvalue weighted by molar-refractivity contribution is -0.121. The van der Waals surface area contributed by atoms with Crippen LogP contribution in [-0.4, -0.2) is 24.4 Å². The minimum Gasteiger partial charge on any atom is -0.482 e. The number of amides is 1. The topological polar surface area (TPSA) is 29.5 Å². The molecule has 0 aliphatic carbocycles. The predicted molar refractivity (Wildman–Crippen MR) is 67.5 cm³/mol. The summed E-state index contributed by atoms with van der Waals surface area (Å²) in [5, 5.41) is 0.923. The Balaban J connectivity index is 2.37. The minimum atomic E-state index is 0.0333. The first-order chi connectivity index (χ1) is 7.76. The third kappa shape index (κ3) is 2.07. The van der Waals surface area contributed by atoms with Crippen molar-refractivity contribution in [3.8, 4) is 5.75 Å². The smallest absolute Gasteiger partial charge is 0.265 e. The highest BCUT2D eigenvalue weighted by Crippen LogP contribution is 2.32. The van der Waals surface area contributed by atoms with E-state index in [1.54, 1.807) is 4.90 Å². The molecule has 3 nitrogen and oxygen atoms in total. The van der Waals surface area contributed by atoms with E-state index in [4.69, 9.17) is 4.74 Å². The molecule has 1 aliphatic heterocycles. The molecule has 0 bridgehead atoms. The number of hydrogen-bond donors (Lipinski definition) is 0. The van der Waals surface area contributed by atoms with E-state index in [1.165, 1.54) is 5.56 Å². The van der Waals surface area contributed by atoms with Gasteiger partial charge in [0, 0.05) is 11.9 Å². The summed E-state index contributed by atoms with van der Waals surface area (Å²) in [6.45, 7) is 2.82. The molecule has 4 heteroatoms. The Kier molecular flexibility index (Phi) is 3.49. The second kappa shape index (κ2) is 4.87. The number of ether oxygens (including phenoxy) is 1. The van der Waals surface area contributed by atoms with Gasteiger partial charge in [0.15, 0.2) is 6.61 Å². The average molecular weight is 284 g/mol. The number of anilines is 1. The Bertz CT molecular complexity index is 406. The number of hydrogen-bond acceptors (Lipinski definition) is 2. The number of benzene rings is 1. The first-order valence-corrected chi connectivity index (χ1v) is 6.50. The van der Waals surface area contributed by atoms with Crippen molar-refractivity contribution < 1.29 is 9.53 Å². The van der Waals surface area contributed by atoms with Gasteiger partial charge in [-0.3, -0.25) is 4.79 Å². The third-order valence-electron chi connectivity index (χ3n) is 2.67. The fourth-order valence-corrected chi connectivity index (χ4v) is 2.32. The van der Waals surface area contributed by atoms with Gasteiger partial charge in [0.05, 0.1) is 5.69 Å². The number of carbonyl (C=O) groups is 1. The summed E-state index contributed by atoms with van der Waals surface area (Å²) in [5.74, 6) is 0.839. The van der Waals surface area contributed by atoms with Gasteiger partial charge in [0.2, 0.25) is 0 Å². The summed E-state index contributed by atoms with van der Waals surface area (Å²) in [6, 6.07) is 6.03. The fraction of sp³-hybridized carbons (Fsp3) is 0.417. The normalized spacial score (nSPS) is 14.6. The summed E-state index contributed by atoms with van der Waals surface area (Å²) in [4.78, 5) is 13.4. The lowest BCUT2D eigenvalue weighted by Gasteiger charge is -2.28. The number of aryl methyl sites for hydroxylation is 1. The lowest BCUT2D eigenvalue weighted by atomic mass is 10.1. The van der Waals surface area contributed by atoms with E-state index < -0.39 is 0 Å². The highest BCUT2D eigenvalue weighted by molar-refractivity contribution is 9.09. The van der Waals surface area contributed by atoms with Crippen molar-refractivity contribution in [3.63, 3.8) is 0 Å². The Morgan fingerprint density at radius 1 is 1.50 bits per heavy atom. The van der Waals surface area contributed by atoms with Gasteiger partial charge in [-0.2, -0.15) is 0 Å².